The van der Waals surface area contributed by atoms with E-state index in [0.717, 1.165) is 37.2 Å². The van der Waals surface area contributed by atoms with Gasteiger partial charge in [0.2, 0.25) is 0 Å². The Kier molecular flexibility index (Phi) is 4.97. The smallest absolute Gasteiger partial charge is 0.254 e. The third-order valence-corrected chi connectivity index (χ3v) is 3.90. The van der Waals surface area contributed by atoms with Crippen LogP contribution in [0.1, 0.15) is 42.6 Å². The van der Waals surface area contributed by atoms with Crippen molar-refractivity contribution in [1.29, 1.82) is 0 Å². The van der Waals surface area contributed by atoms with Crippen molar-refractivity contribution in [2.75, 3.05) is 19.6 Å². The summed E-state index contributed by atoms with van der Waals surface area (Å²) >= 11 is 0. The number of carbonyl (C=O) groups is 1. The normalized spacial score (nSPS) is 18.5. The van der Waals surface area contributed by atoms with E-state index in [0.29, 0.717) is 6.04 Å². The highest BCUT2D eigenvalue weighted by molar-refractivity contribution is 5.95. The molecule has 1 heterocycles. The molecular formula is C16H24N2O. The van der Waals surface area contributed by atoms with Crippen molar-refractivity contribution in [3.63, 3.8) is 0 Å². The second-order valence-corrected chi connectivity index (χ2v) is 5.15. The molecule has 1 amide bonds. The van der Waals surface area contributed by atoms with Crippen LogP contribution in [0, 0.1) is 0 Å². The SMILES string of the molecule is CCc1ccccc1C(=O)N(CC)CC1CCCN1. The molecule has 3 nitrogen and oxygen atoms in total. The fraction of sp³-hybridized carbons (Fsp3) is 0.562. The van der Waals surface area contributed by atoms with E-state index in [1.54, 1.807) is 0 Å². The van der Waals surface area contributed by atoms with Gasteiger partial charge in [0.25, 0.3) is 5.91 Å². The number of nitrogens with one attached hydrogen (secondary N) is 1. The molecule has 1 fully saturated rings. The Morgan fingerprint density at radius 1 is 1.37 bits per heavy atom. The zero-order chi connectivity index (χ0) is 13.7. The van der Waals surface area contributed by atoms with Gasteiger partial charge < -0.3 is 10.2 Å². The van der Waals surface area contributed by atoms with Crippen LogP contribution in [0.5, 0.6) is 0 Å². The second kappa shape index (κ2) is 6.71. The standard InChI is InChI=1S/C16H24N2O/c1-3-13-8-5-6-10-15(13)16(19)18(4-2)12-14-9-7-11-17-14/h5-6,8,10,14,17H,3-4,7,9,11-12H2,1-2H3. The lowest BCUT2D eigenvalue weighted by Crippen LogP contribution is -2.41. The minimum absolute atomic E-state index is 0.175. The fourth-order valence-electron chi connectivity index (χ4n) is 2.74. The molecule has 19 heavy (non-hydrogen) atoms. The van der Waals surface area contributed by atoms with Gasteiger partial charge in [-0.15, -0.1) is 0 Å². The van der Waals surface area contributed by atoms with Crippen LogP contribution >= 0.6 is 0 Å². The lowest BCUT2D eigenvalue weighted by atomic mass is 10.0. The molecule has 1 saturated heterocycles. The molecule has 0 saturated carbocycles. The van der Waals surface area contributed by atoms with E-state index in [1.807, 2.05) is 23.1 Å². The lowest BCUT2D eigenvalue weighted by molar-refractivity contribution is 0.0750. The van der Waals surface area contributed by atoms with Crippen LogP contribution in [0.15, 0.2) is 24.3 Å². The zero-order valence-corrected chi connectivity index (χ0v) is 12.0. The first kappa shape index (κ1) is 14.1. The predicted octanol–water partition coefficient (Wildman–Crippen LogP) is 2.46. The van der Waals surface area contributed by atoms with E-state index < -0.39 is 0 Å². The van der Waals surface area contributed by atoms with E-state index in [4.69, 9.17) is 0 Å². The summed E-state index contributed by atoms with van der Waals surface area (Å²) in [4.78, 5) is 14.6. The molecule has 1 unspecified atom stereocenters. The van der Waals surface area contributed by atoms with Gasteiger partial charge in [-0.3, -0.25) is 4.79 Å². The Bertz CT molecular complexity index is 425. The van der Waals surface area contributed by atoms with Gasteiger partial charge in [-0.2, -0.15) is 0 Å². The highest BCUT2D eigenvalue weighted by atomic mass is 16.2. The number of carbonyl (C=O) groups excluding carboxylic acids is 1. The molecule has 0 aliphatic carbocycles. The third-order valence-electron chi connectivity index (χ3n) is 3.90. The Hall–Kier alpha value is -1.35. The Morgan fingerprint density at radius 3 is 2.79 bits per heavy atom. The molecule has 0 spiro atoms. The predicted molar refractivity (Wildman–Crippen MR) is 78.4 cm³/mol. The molecule has 1 aromatic rings. The molecule has 1 aliphatic heterocycles. The van der Waals surface area contributed by atoms with E-state index >= 15 is 0 Å². The van der Waals surface area contributed by atoms with Gasteiger partial charge in [0.1, 0.15) is 0 Å². The van der Waals surface area contributed by atoms with Crippen LogP contribution in [-0.2, 0) is 6.42 Å². The monoisotopic (exact) mass is 260 g/mol. The maximum atomic E-state index is 12.6. The molecule has 0 aromatic heterocycles. The van der Waals surface area contributed by atoms with Crippen LogP contribution in [0.3, 0.4) is 0 Å². The van der Waals surface area contributed by atoms with Crippen LogP contribution in [0.2, 0.25) is 0 Å². The summed E-state index contributed by atoms with van der Waals surface area (Å²) in [7, 11) is 0. The van der Waals surface area contributed by atoms with Crippen LogP contribution in [-0.4, -0.2) is 36.5 Å². The molecule has 1 N–H and O–H groups in total. The van der Waals surface area contributed by atoms with Gasteiger partial charge in [-0.05, 0) is 44.4 Å². The van der Waals surface area contributed by atoms with E-state index in [1.165, 1.54) is 12.8 Å². The Morgan fingerprint density at radius 2 is 2.16 bits per heavy atom. The summed E-state index contributed by atoms with van der Waals surface area (Å²) in [6, 6.07) is 8.43. The number of nitrogens with zero attached hydrogens (tertiary/aromatic N) is 1. The number of rotatable bonds is 5. The summed E-state index contributed by atoms with van der Waals surface area (Å²) < 4.78 is 0. The summed E-state index contributed by atoms with van der Waals surface area (Å²) in [6.45, 7) is 6.84. The minimum atomic E-state index is 0.175. The third kappa shape index (κ3) is 3.35. The summed E-state index contributed by atoms with van der Waals surface area (Å²) in [6.07, 6.45) is 3.31. The number of amides is 1. The summed E-state index contributed by atoms with van der Waals surface area (Å²) in [5, 5.41) is 3.46. The summed E-state index contributed by atoms with van der Waals surface area (Å²) in [5.74, 6) is 0.175. The maximum absolute atomic E-state index is 12.6. The van der Waals surface area contributed by atoms with Crippen molar-refractivity contribution in [2.24, 2.45) is 0 Å². The van der Waals surface area contributed by atoms with Crippen molar-refractivity contribution in [3.05, 3.63) is 35.4 Å². The van der Waals surface area contributed by atoms with E-state index in [9.17, 15) is 4.79 Å². The number of hydrogen-bond acceptors (Lipinski definition) is 2. The van der Waals surface area contributed by atoms with Crippen molar-refractivity contribution in [3.8, 4) is 0 Å². The first-order valence-electron chi connectivity index (χ1n) is 7.36. The van der Waals surface area contributed by atoms with Gasteiger partial charge in [0.15, 0.2) is 0 Å². The first-order chi connectivity index (χ1) is 9.26. The fourth-order valence-corrected chi connectivity index (χ4v) is 2.74. The number of benzene rings is 1. The van der Waals surface area contributed by atoms with E-state index in [-0.39, 0.29) is 5.91 Å². The van der Waals surface area contributed by atoms with Crippen molar-refractivity contribution >= 4 is 5.91 Å². The maximum Gasteiger partial charge on any atom is 0.254 e. The topological polar surface area (TPSA) is 32.3 Å². The van der Waals surface area contributed by atoms with Crippen LogP contribution in [0.4, 0.5) is 0 Å². The molecule has 1 atom stereocenters. The molecule has 0 bridgehead atoms. The zero-order valence-electron chi connectivity index (χ0n) is 12.0. The van der Waals surface area contributed by atoms with Gasteiger partial charge in [0, 0.05) is 24.7 Å². The van der Waals surface area contributed by atoms with E-state index in [2.05, 4.69) is 25.2 Å². The average molecular weight is 260 g/mol. The number of hydrogen-bond donors (Lipinski definition) is 1. The molecule has 0 radical (unpaired) electrons. The largest absolute Gasteiger partial charge is 0.337 e. The molecule has 2 rings (SSSR count). The number of likely N-dealkylation sites (N-methyl/N-ethyl adjacent to an activating group) is 1. The molecule has 1 aromatic carbocycles. The van der Waals surface area contributed by atoms with Gasteiger partial charge in [-0.1, -0.05) is 25.1 Å². The minimum Gasteiger partial charge on any atom is -0.337 e. The van der Waals surface area contributed by atoms with Gasteiger partial charge >= 0.3 is 0 Å². The van der Waals surface area contributed by atoms with Crippen molar-refractivity contribution in [1.82, 2.24) is 10.2 Å². The highest BCUT2D eigenvalue weighted by Crippen LogP contribution is 2.14. The van der Waals surface area contributed by atoms with Crippen molar-refractivity contribution in [2.45, 2.75) is 39.2 Å². The lowest BCUT2D eigenvalue weighted by Gasteiger charge is -2.25. The van der Waals surface area contributed by atoms with Gasteiger partial charge in [-0.25, -0.2) is 0 Å². The van der Waals surface area contributed by atoms with Crippen molar-refractivity contribution < 1.29 is 4.79 Å². The van der Waals surface area contributed by atoms with Crippen LogP contribution < -0.4 is 5.32 Å². The summed E-state index contributed by atoms with van der Waals surface area (Å²) in [5.41, 5.74) is 2.01. The average Bonchev–Trinajstić information content (AvgIpc) is 2.97. The highest BCUT2D eigenvalue weighted by Gasteiger charge is 2.22. The Balaban J connectivity index is 2.10. The number of aryl methyl sites for hydroxylation is 1. The Labute approximate surface area is 116 Å². The molecule has 104 valence electrons. The first-order valence-corrected chi connectivity index (χ1v) is 7.36. The quantitative estimate of drug-likeness (QED) is 0.882. The molecular weight excluding hydrogens is 236 g/mol. The van der Waals surface area contributed by atoms with Crippen LogP contribution in [0.25, 0.3) is 0 Å². The van der Waals surface area contributed by atoms with Gasteiger partial charge in [0.05, 0.1) is 0 Å². The molecule has 3 heteroatoms. The molecule has 1 aliphatic rings. The second-order valence-electron chi connectivity index (χ2n) is 5.15.